The van der Waals surface area contributed by atoms with Crippen LogP contribution in [-0.2, 0) is 4.74 Å². The van der Waals surface area contributed by atoms with Gasteiger partial charge in [0.25, 0.3) is 0 Å². The van der Waals surface area contributed by atoms with Crippen molar-refractivity contribution in [1.82, 2.24) is 4.90 Å². The Morgan fingerprint density at radius 1 is 1.42 bits per heavy atom. The second-order valence-corrected chi connectivity index (χ2v) is 3.71. The molecule has 0 spiro atoms. The van der Waals surface area contributed by atoms with Crippen molar-refractivity contribution in [1.29, 1.82) is 0 Å². The molecule has 1 atom stereocenters. The first-order valence-corrected chi connectivity index (χ1v) is 5.12. The van der Waals surface area contributed by atoms with Crippen molar-refractivity contribution in [2.75, 3.05) is 26.8 Å². The van der Waals surface area contributed by atoms with Gasteiger partial charge in [0.2, 0.25) is 0 Å². The summed E-state index contributed by atoms with van der Waals surface area (Å²) in [6.45, 7) is 5.22. The molecular formula is C10H21NO. The quantitative estimate of drug-likeness (QED) is 0.599. The van der Waals surface area contributed by atoms with Gasteiger partial charge in [0.05, 0.1) is 13.2 Å². The number of unbranched alkanes of at least 4 members (excludes halogenated alkanes) is 2. The molecule has 0 N–H and O–H groups in total. The predicted molar refractivity (Wildman–Crippen MR) is 51.4 cm³/mol. The fourth-order valence-electron chi connectivity index (χ4n) is 1.67. The zero-order valence-electron chi connectivity index (χ0n) is 8.38. The standard InChI is InChI=1S/C10H21NO/c1-3-4-5-6-10-9-12-8-7-11(10)2/h10H,3-9H2,1-2H3. The fraction of sp³-hybridized carbons (Fsp3) is 1.00. The molecular weight excluding hydrogens is 150 g/mol. The van der Waals surface area contributed by atoms with E-state index < -0.39 is 0 Å². The lowest BCUT2D eigenvalue weighted by molar-refractivity contribution is 0.00214. The van der Waals surface area contributed by atoms with E-state index in [1.807, 2.05) is 0 Å². The van der Waals surface area contributed by atoms with Gasteiger partial charge in [-0.25, -0.2) is 0 Å². The van der Waals surface area contributed by atoms with Crippen molar-refractivity contribution in [2.24, 2.45) is 0 Å². The molecule has 1 saturated heterocycles. The highest BCUT2D eigenvalue weighted by Gasteiger charge is 2.18. The van der Waals surface area contributed by atoms with Crippen LogP contribution >= 0.6 is 0 Å². The van der Waals surface area contributed by atoms with E-state index in [4.69, 9.17) is 4.74 Å². The third-order valence-corrected chi connectivity index (χ3v) is 2.66. The van der Waals surface area contributed by atoms with E-state index in [1.54, 1.807) is 0 Å². The second kappa shape index (κ2) is 5.55. The van der Waals surface area contributed by atoms with E-state index in [2.05, 4.69) is 18.9 Å². The summed E-state index contributed by atoms with van der Waals surface area (Å²) in [5.74, 6) is 0. The van der Waals surface area contributed by atoms with E-state index >= 15 is 0 Å². The van der Waals surface area contributed by atoms with E-state index in [-0.39, 0.29) is 0 Å². The van der Waals surface area contributed by atoms with Crippen LogP contribution < -0.4 is 0 Å². The van der Waals surface area contributed by atoms with Crippen LogP contribution in [-0.4, -0.2) is 37.7 Å². The molecule has 1 unspecified atom stereocenters. The van der Waals surface area contributed by atoms with Crippen LogP contribution in [0.4, 0.5) is 0 Å². The van der Waals surface area contributed by atoms with Crippen molar-refractivity contribution >= 4 is 0 Å². The molecule has 72 valence electrons. The largest absolute Gasteiger partial charge is 0.378 e. The molecule has 2 heteroatoms. The highest BCUT2D eigenvalue weighted by atomic mass is 16.5. The zero-order chi connectivity index (χ0) is 8.81. The van der Waals surface area contributed by atoms with Crippen molar-refractivity contribution in [3.8, 4) is 0 Å². The minimum Gasteiger partial charge on any atom is -0.378 e. The van der Waals surface area contributed by atoms with E-state index in [9.17, 15) is 0 Å². The summed E-state index contributed by atoms with van der Waals surface area (Å²) in [5.41, 5.74) is 0. The first-order chi connectivity index (χ1) is 5.84. The molecule has 0 bridgehead atoms. The number of nitrogens with zero attached hydrogens (tertiary/aromatic N) is 1. The van der Waals surface area contributed by atoms with Gasteiger partial charge in [0, 0.05) is 12.6 Å². The Balaban J connectivity index is 2.11. The van der Waals surface area contributed by atoms with Crippen LogP contribution in [0.2, 0.25) is 0 Å². The molecule has 12 heavy (non-hydrogen) atoms. The minimum atomic E-state index is 0.685. The topological polar surface area (TPSA) is 12.5 Å². The maximum atomic E-state index is 5.44. The van der Waals surface area contributed by atoms with Crippen LogP contribution in [0.3, 0.4) is 0 Å². The van der Waals surface area contributed by atoms with Crippen LogP contribution in [0.1, 0.15) is 32.6 Å². The Morgan fingerprint density at radius 2 is 2.25 bits per heavy atom. The summed E-state index contributed by atoms with van der Waals surface area (Å²) in [5, 5.41) is 0. The van der Waals surface area contributed by atoms with Crippen LogP contribution in [0.5, 0.6) is 0 Å². The summed E-state index contributed by atoms with van der Waals surface area (Å²) < 4.78 is 5.44. The van der Waals surface area contributed by atoms with Crippen molar-refractivity contribution in [3.63, 3.8) is 0 Å². The average Bonchev–Trinajstić information content (AvgIpc) is 2.09. The molecule has 1 fully saturated rings. The fourth-order valence-corrected chi connectivity index (χ4v) is 1.67. The number of likely N-dealkylation sites (N-methyl/N-ethyl adjacent to an activating group) is 1. The summed E-state index contributed by atoms with van der Waals surface area (Å²) in [6.07, 6.45) is 5.35. The molecule has 0 aliphatic carbocycles. The Labute approximate surface area is 75.9 Å². The first kappa shape index (κ1) is 10.0. The zero-order valence-corrected chi connectivity index (χ0v) is 8.38. The van der Waals surface area contributed by atoms with Gasteiger partial charge in [0.1, 0.15) is 0 Å². The highest BCUT2D eigenvalue weighted by molar-refractivity contribution is 4.71. The number of hydrogen-bond acceptors (Lipinski definition) is 2. The van der Waals surface area contributed by atoms with Gasteiger partial charge in [-0.3, -0.25) is 4.90 Å². The third-order valence-electron chi connectivity index (χ3n) is 2.66. The van der Waals surface area contributed by atoms with Gasteiger partial charge < -0.3 is 4.74 Å². The first-order valence-electron chi connectivity index (χ1n) is 5.12. The SMILES string of the molecule is CCCCCC1COCCN1C. The van der Waals surface area contributed by atoms with Crippen LogP contribution in [0, 0.1) is 0 Å². The monoisotopic (exact) mass is 171 g/mol. The van der Waals surface area contributed by atoms with Gasteiger partial charge >= 0.3 is 0 Å². The molecule has 0 saturated carbocycles. The van der Waals surface area contributed by atoms with E-state index in [0.29, 0.717) is 6.04 Å². The average molecular weight is 171 g/mol. The lowest BCUT2D eigenvalue weighted by atomic mass is 10.1. The molecule has 1 rings (SSSR count). The van der Waals surface area contributed by atoms with Crippen molar-refractivity contribution in [3.05, 3.63) is 0 Å². The number of rotatable bonds is 4. The lowest BCUT2D eigenvalue weighted by Crippen LogP contribution is -2.42. The van der Waals surface area contributed by atoms with E-state index in [1.165, 1.54) is 25.7 Å². The van der Waals surface area contributed by atoms with E-state index in [0.717, 1.165) is 19.8 Å². The van der Waals surface area contributed by atoms with Gasteiger partial charge in [-0.05, 0) is 13.5 Å². The smallest absolute Gasteiger partial charge is 0.0622 e. The summed E-state index contributed by atoms with van der Waals surface area (Å²) in [4.78, 5) is 2.43. The minimum absolute atomic E-state index is 0.685. The number of morpholine rings is 1. The predicted octanol–water partition coefficient (Wildman–Crippen LogP) is 1.90. The van der Waals surface area contributed by atoms with Crippen LogP contribution in [0.15, 0.2) is 0 Å². The summed E-state index contributed by atoms with van der Waals surface area (Å²) in [7, 11) is 2.21. The summed E-state index contributed by atoms with van der Waals surface area (Å²) >= 11 is 0. The second-order valence-electron chi connectivity index (χ2n) is 3.71. The normalized spacial score (nSPS) is 26.0. The number of ether oxygens (including phenoxy) is 1. The van der Waals surface area contributed by atoms with Gasteiger partial charge in [-0.15, -0.1) is 0 Å². The molecule has 0 aromatic carbocycles. The van der Waals surface area contributed by atoms with Crippen molar-refractivity contribution < 1.29 is 4.74 Å². The number of hydrogen-bond donors (Lipinski definition) is 0. The third kappa shape index (κ3) is 3.11. The Morgan fingerprint density at radius 3 is 2.92 bits per heavy atom. The lowest BCUT2D eigenvalue weighted by Gasteiger charge is -2.32. The van der Waals surface area contributed by atoms with Gasteiger partial charge in [0.15, 0.2) is 0 Å². The molecule has 0 amide bonds. The molecule has 1 aliphatic rings. The highest BCUT2D eigenvalue weighted by Crippen LogP contribution is 2.11. The Kier molecular flexibility index (Phi) is 4.62. The van der Waals surface area contributed by atoms with Gasteiger partial charge in [-0.2, -0.15) is 0 Å². The molecule has 0 aromatic heterocycles. The maximum absolute atomic E-state index is 5.44. The Bertz CT molecular complexity index is 116. The molecule has 1 aliphatic heterocycles. The molecule has 2 nitrogen and oxygen atoms in total. The van der Waals surface area contributed by atoms with Crippen LogP contribution in [0.25, 0.3) is 0 Å². The van der Waals surface area contributed by atoms with Gasteiger partial charge in [-0.1, -0.05) is 26.2 Å². The molecule has 0 aromatic rings. The Hall–Kier alpha value is -0.0800. The molecule has 1 heterocycles. The summed E-state index contributed by atoms with van der Waals surface area (Å²) in [6, 6.07) is 0.685. The maximum Gasteiger partial charge on any atom is 0.0622 e. The van der Waals surface area contributed by atoms with Crippen molar-refractivity contribution in [2.45, 2.75) is 38.6 Å². The molecule has 0 radical (unpaired) electrons.